The van der Waals surface area contributed by atoms with Gasteiger partial charge in [-0.15, -0.1) is 11.3 Å². The maximum Gasteiger partial charge on any atom is 0.412 e. The predicted octanol–water partition coefficient (Wildman–Crippen LogP) is 4.92. The molecule has 0 bridgehead atoms. The Kier molecular flexibility index (Phi) is 7.41. The molecule has 5 heterocycles. The fourth-order valence-corrected chi connectivity index (χ4v) is 6.40. The van der Waals surface area contributed by atoms with Gasteiger partial charge in [-0.1, -0.05) is 0 Å². The maximum atomic E-state index is 13.5. The molecule has 3 aromatic heterocycles. The van der Waals surface area contributed by atoms with E-state index in [-0.39, 0.29) is 18.0 Å². The van der Waals surface area contributed by atoms with Crippen molar-refractivity contribution in [2.24, 2.45) is 0 Å². The van der Waals surface area contributed by atoms with E-state index in [1.54, 1.807) is 29.0 Å². The van der Waals surface area contributed by atoms with Crippen molar-refractivity contribution in [1.29, 1.82) is 0 Å². The highest BCUT2D eigenvalue weighted by Crippen LogP contribution is 2.38. The van der Waals surface area contributed by atoms with E-state index in [4.69, 9.17) is 4.98 Å². The smallest absolute Gasteiger partial charge is 0.412 e. The molecule has 0 radical (unpaired) electrons. The molecule has 2 saturated heterocycles. The van der Waals surface area contributed by atoms with Crippen molar-refractivity contribution in [3.05, 3.63) is 89.2 Å². The zero-order valence-electron chi connectivity index (χ0n) is 22.5. The number of thiazole rings is 1. The second-order valence-corrected chi connectivity index (χ2v) is 11.3. The van der Waals surface area contributed by atoms with Gasteiger partial charge >= 0.3 is 6.09 Å². The summed E-state index contributed by atoms with van der Waals surface area (Å²) in [5.74, 6) is -0.846. The van der Waals surface area contributed by atoms with Crippen molar-refractivity contribution >= 4 is 39.8 Å². The quantitative estimate of drug-likeness (QED) is 0.287. The van der Waals surface area contributed by atoms with Crippen LogP contribution in [0.15, 0.2) is 66.3 Å². The van der Waals surface area contributed by atoms with Crippen molar-refractivity contribution in [2.75, 3.05) is 41.8 Å². The highest BCUT2D eigenvalue weighted by molar-refractivity contribution is 7.14. The molecule has 0 spiro atoms. The van der Waals surface area contributed by atoms with E-state index < -0.39 is 12.0 Å². The lowest BCUT2D eigenvalue weighted by Crippen LogP contribution is -2.59. The first-order valence-corrected chi connectivity index (χ1v) is 14.3. The number of halogens is 1. The Morgan fingerprint density at radius 3 is 2.73 bits per heavy atom. The third kappa shape index (κ3) is 5.66. The van der Waals surface area contributed by atoms with Gasteiger partial charge in [-0.05, 0) is 74.0 Å². The van der Waals surface area contributed by atoms with Crippen LogP contribution >= 0.6 is 11.3 Å². The number of carbonyl (C=O) groups is 2. The van der Waals surface area contributed by atoms with E-state index in [0.29, 0.717) is 28.6 Å². The first-order chi connectivity index (χ1) is 19.9. The first kappa shape index (κ1) is 26.9. The van der Waals surface area contributed by atoms with Crippen LogP contribution in [-0.4, -0.2) is 69.3 Å². The fourth-order valence-electron chi connectivity index (χ4n) is 5.65. The summed E-state index contributed by atoms with van der Waals surface area (Å²) in [6.07, 6.45) is 4.18. The molecule has 0 aliphatic carbocycles. The number of carboxylic acid groups (broad SMARTS) is 1. The molecule has 41 heavy (non-hydrogen) atoms. The predicted molar refractivity (Wildman–Crippen MR) is 155 cm³/mol. The lowest BCUT2D eigenvalue weighted by molar-refractivity contribution is 0.101. The van der Waals surface area contributed by atoms with Crippen molar-refractivity contribution in [3.8, 4) is 0 Å². The summed E-state index contributed by atoms with van der Waals surface area (Å²) in [7, 11) is 1.98. The summed E-state index contributed by atoms with van der Waals surface area (Å²) in [4.78, 5) is 39.2. The van der Waals surface area contributed by atoms with Gasteiger partial charge in [-0.2, -0.15) is 4.39 Å². The zero-order chi connectivity index (χ0) is 28.5. The largest absolute Gasteiger partial charge is 0.465 e. The van der Waals surface area contributed by atoms with Gasteiger partial charge in [0.15, 0.2) is 5.13 Å². The molecular weight excluding hydrogens is 545 g/mol. The molecule has 2 fully saturated rings. The Labute approximate surface area is 240 Å². The topological polar surface area (TPSA) is 107 Å². The molecule has 1 atom stereocenters. The average molecular weight is 576 g/mol. The van der Waals surface area contributed by atoms with Gasteiger partial charge in [0.05, 0.1) is 17.8 Å². The minimum Gasteiger partial charge on any atom is -0.465 e. The number of carbonyl (C=O) groups excluding carboxylic acids is 1. The van der Waals surface area contributed by atoms with Gasteiger partial charge < -0.3 is 19.5 Å². The Bertz CT molecular complexity index is 1550. The number of nitrogens with one attached hydrogen (secondary N) is 1. The maximum absolute atomic E-state index is 13.5. The van der Waals surface area contributed by atoms with Gasteiger partial charge in [0.25, 0.3) is 5.91 Å². The second kappa shape index (κ2) is 11.3. The molecular formula is C29H30FN7O3S. The van der Waals surface area contributed by atoms with Crippen LogP contribution in [0.2, 0.25) is 0 Å². The van der Waals surface area contributed by atoms with Gasteiger partial charge in [-0.3, -0.25) is 15.0 Å². The summed E-state index contributed by atoms with van der Waals surface area (Å²) in [5, 5.41) is 15.2. The number of pyridine rings is 1. The monoisotopic (exact) mass is 575 g/mol. The van der Waals surface area contributed by atoms with Crippen molar-refractivity contribution < 1.29 is 19.1 Å². The Balaban J connectivity index is 1.13. The lowest BCUT2D eigenvalue weighted by atomic mass is 10.1. The molecule has 4 aromatic rings. The highest BCUT2D eigenvalue weighted by Gasteiger charge is 2.34. The molecule has 2 aliphatic heterocycles. The van der Waals surface area contributed by atoms with E-state index in [0.717, 1.165) is 43.9 Å². The summed E-state index contributed by atoms with van der Waals surface area (Å²) in [6.45, 7) is 2.65. The Morgan fingerprint density at radius 1 is 1.20 bits per heavy atom. The molecule has 2 aliphatic rings. The number of benzene rings is 1. The number of likely N-dealkylation sites (tertiary alicyclic amines) is 1. The van der Waals surface area contributed by atoms with Gasteiger partial charge in [0.2, 0.25) is 5.95 Å². The molecule has 6 rings (SSSR count). The molecule has 12 heteroatoms. The van der Waals surface area contributed by atoms with E-state index in [1.165, 1.54) is 28.5 Å². The number of rotatable bonds is 8. The van der Waals surface area contributed by atoms with Crippen molar-refractivity contribution in [3.63, 3.8) is 0 Å². The average Bonchev–Trinajstić information content (AvgIpc) is 3.69. The zero-order valence-corrected chi connectivity index (χ0v) is 23.3. The van der Waals surface area contributed by atoms with Crippen molar-refractivity contribution in [1.82, 2.24) is 19.4 Å². The van der Waals surface area contributed by atoms with Crippen LogP contribution in [0.5, 0.6) is 0 Å². The Hall–Kier alpha value is -4.29. The molecule has 212 valence electrons. The summed E-state index contributed by atoms with van der Waals surface area (Å²) < 4.78 is 15.3. The number of amides is 2. The van der Waals surface area contributed by atoms with E-state index >= 15 is 0 Å². The van der Waals surface area contributed by atoms with Crippen LogP contribution < -0.4 is 15.1 Å². The second-order valence-electron chi connectivity index (χ2n) is 10.4. The van der Waals surface area contributed by atoms with E-state index in [2.05, 4.69) is 20.1 Å². The number of hydrogen-bond donors (Lipinski definition) is 2. The molecule has 0 unspecified atom stereocenters. The van der Waals surface area contributed by atoms with Gasteiger partial charge in [0.1, 0.15) is 5.69 Å². The van der Waals surface area contributed by atoms with Gasteiger partial charge in [-0.25, -0.2) is 14.8 Å². The summed E-state index contributed by atoms with van der Waals surface area (Å²) in [5.41, 5.74) is 3.73. The van der Waals surface area contributed by atoms with Crippen molar-refractivity contribution in [2.45, 2.75) is 31.5 Å². The third-order valence-electron chi connectivity index (χ3n) is 7.62. The SMILES string of the molecule is CN1CC(N(C(=O)O)c2ccc(N3CCC[C@@H]3c3csc(NC(=O)c4cccn4Cc4ccnc(F)c4)n3)cc2)C1. The van der Waals surface area contributed by atoms with E-state index in [1.807, 2.05) is 36.7 Å². The molecule has 1 aromatic carbocycles. The number of likely N-dealkylation sites (N-methyl/N-ethyl adjacent to an activating group) is 1. The van der Waals surface area contributed by atoms with Crippen LogP contribution in [0.3, 0.4) is 0 Å². The lowest BCUT2D eigenvalue weighted by Gasteiger charge is -2.42. The molecule has 2 N–H and O–H groups in total. The molecule has 0 saturated carbocycles. The number of hydrogen-bond acceptors (Lipinski definition) is 7. The van der Waals surface area contributed by atoms with Crippen LogP contribution in [0.1, 0.15) is 40.6 Å². The summed E-state index contributed by atoms with van der Waals surface area (Å²) in [6, 6.07) is 14.3. The third-order valence-corrected chi connectivity index (χ3v) is 8.39. The minimum absolute atomic E-state index is 0.0342. The first-order valence-electron chi connectivity index (χ1n) is 13.5. The fraction of sp³-hybridized carbons (Fsp3) is 0.310. The number of nitrogens with zero attached hydrogens (tertiary/aromatic N) is 6. The molecule has 10 nitrogen and oxygen atoms in total. The number of anilines is 3. The van der Waals surface area contributed by atoms with Crippen LogP contribution in [0, 0.1) is 5.95 Å². The standard InChI is InChI=1S/C29H30FN7O3S/c1-34-16-22(17-34)37(29(39)40)21-8-6-20(7-9-21)36-13-3-4-24(36)23-18-41-28(32-23)33-27(38)25-5-2-12-35(25)15-19-10-11-31-26(30)14-19/h2,5-12,14,18,22,24H,3-4,13,15-17H2,1H3,(H,39,40)(H,32,33,38)/t24-/m1/s1. The number of aromatic nitrogens is 3. The highest BCUT2D eigenvalue weighted by atomic mass is 32.1. The molecule has 2 amide bonds. The van der Waals surface area contributed by atoms with Crippen LogP contribution in [0.25, 0.3) is 0 Å². The van der Waals surface area contributed by atoms with E-state index in [9.17, 15) is 19.1 Å². The summed E-state index contributed by atoms with van der Waals surface area (Å²) >= 11 is 1.38. The Morgan fingerprint density at radius 2 is 2.00 bits per heavy atom. The van der Waals surface area contributed by atoms with Crippen LogP contribution in [0.4, 0.5) is 25.7 Å². The van der Waals surface area contributed by atoms with Crippen LogP contribution in [-0.2, 0) is 6.54 Å². The minimum atomic E-state index is -0.939. The normalized spacial score (nSPS) is 17.4. The van der Waals surface area contributed by atoms with Gasteiger partial charge in [0, 0.05) is 55.3 Å².